The molecule has 9 heteroatoms. The third-order valence-electron chi connectivity index (χ3n) is 6.93. The predicted octanol–water partition coefficient (Wildman–Crippen LogP) is 3.40. The van der Waals surface area contributed by atoms with Crippen molar-refractivity contribution in [3.8, 4) is 17.2 Å². The van der Waals surface area contributed by atoms with Gasteiger partial charge in [0.2, 0.25) is 0 Å². The van der Waals surface area contributed by atoms with Crippen molar-refractivity contribution in [3.05, 3.63) is 56.8 Å². The molecule has 0 saturated heterocycles. The van der Waals surface area contributed by atoms with E-state index in [-0.39, 0.29) is 39.5 Å². The fourth-order valence-electron chi connectivity index (χ4n) is 4.85. The Bertz CT molecular complexity index is 1340. The Labute approximate surface area is 202 Å². The lowest BCUT2D eigenvalue weighted by atomic mass is 9.70. The number of aromatic nitrogens is 1. The molecule has 0 saturated carbocycles. The Kier molecular flexibility index (Phi) is 5.82. The topological polar surface area (TPSA) is 139 Å². The van der Waals surface area contributed by atoms with Gasteiger partial charge in [0.25, 0.3) is 0 Å². The molecule has 0 unspecified atom stereocenters. The normalized spacial score (nSPS) is 20.2. The van der Waals surface area contributed by atoms with Gasteiger partial charge in [-0.05, 0) is 54.4 Å². The molecular weight excluding hydrogens is 452 g/mol. The zero-order chi connectivity index (χ0) is 25.8. The average molecular weight is 481 g/mol. The predicted molar refractivity (Wildman–Crippen MR) is 126 cm³/mol. The molecule has 0 radical (unpaired) electrons. The summed E-state index contributed by atoms with van der Waals surface area (Å²) in [6.07, 6.45) is 2.66. The second-order valence-corrected chi connectivity index (χ2v) is 9.22. The van der Waals surface area contributed by atoms with Gasteiger partial charge in [0.15, 0.2) is 17.3 Å². The van der Waals surface area contributed by atoms with Crippen molar-refractivity contribution < 1.29 is 33.9 Å². The van der Waals surface area contributed by atoms with Crippen LogP contribution in [-0.2, 0) is 21.4 Å². The van der Waals surface area contributed by atoms with Crippen LogP contribution >= 0.6 is 0 Å². The molecule has 1 atom stereocenters. The maximum Gasteiger partial charge on any atom is 0.194 e. The highest BCUT2D eigenvalue weighted by Gasteiger charge is 2.56. The first-order valence-corrected chi connectivity index (χ1v) is 11.4. The molecule has 35 heavy (non-hydrogen) atoms. The molecule has 1 aliphatic heterocycles. The number of phenolic OH excluding ortho intramolecular Hbond substituents is 2. The van der Waals surface area contributed by atoms with Crippen LogP contribution in [-0.4, -0.2) is 39.3 Å². The molecule has 9 nitrogen and oxygen atoms in total. The van der Waals surface area contributed by atoms with E-state index < -0.39 is 28.5 Å². The van der Waals surface area contributed by atoms with Gasteiger partial charge in [-0.25, -0.2) is 0 Å². The lowest BCUT2D eigenvalue weighted by Gasteiger charge is -2.29. The van der Waals surface area contributed by atoms with Gasteiger partial charge >= 0.3 is 0 Å². The molecule has 3 N–H and O–H groups in total. The quantitative estimate of drug-likeness (QED) is 0.246. The van der Waals surface area contributed by atoms with E-state index in [1.165, 1.54) is 19.9 Å². The Balaban J connectivity index is 1.68. The van der Waals surface area contributed by atoms with Crippen LogP contribution < -0.4 is 10.1 Å². The van der Waals surface area contributed by atoms with Gasteiger partial charge in [0.05, 0.1) is 16.8 Å². The first kappa shape index (κ1) is 24.3. The number of benzene rings is 1. The number of aromatic hydroxyl groups is 2. The average Bonchev–Trinajstić information content (AvgIpc) is 3.26. The summed E-state index contributed by atoms with van der Waals surface area (Å²) < 4.78 is 11.0. The number of Topliss-reactive ketones (excluding diaryl/α,β-unsaturated/α-hetero) is 2. The van der Waals surface area contributed by atoms with Crippen molar-refractivity contribution in [2.45, 2.75) is 59.8 Å². The van der Waals surface area contributed by atoms with Gasteiger partial charge in [0.1, 0.15) is 39.7 Å². The van der Waals surface area contributed by atoms with E-state index in [9.17, 15) is 24.6 Å². The molecular formula is C26H28N2O7. The van der Waals surface area contributed by atoms with Gasteiger partial charge in [-0.2, -0.15) is 0 Å². The number of fused-ring (bicyclic) bond motifs is 3. The highest BCUT2D eigenvalue weighted by Crippen LogP contribution is 2.57. The minimum atomic E-state index is -1.52. The molecule has 2 aliphatic rings. The van der Waals surface area contributed by atoms with Crippen LogP contribution in [0.15, 0.2) is 27.6 Å². The van der Waals surface area contributed by atoms with Crippen molar-refractivity contribution in [1.82, 2.24) is 10.5 Å². The summed E-state index contributed by atoms with van der Waals surface area (Å²) in [7, 11) is 0. The number of carbonyl (C=O) groups excluding carboxylic acids is 3. The molecule has 4 rings (SSSR count). The zero-order valence-corrected chi connectivity index (χ0v) is 20.6. The second-order valence-electron chi connectivity index (χ2n) is 9.22. The Morgan fingerprint density at radius 2 is 1.83 bits per heavy atom. The summed E-state index contributed by atoms with van der Waals surface area (Å²) in [5.41, 5.74) is 0.723. The molecule has 2 heterocycles. The number of hydrogen-bond donors (Lipinski definition) is 3. The van der Waals surface area contributed by atoms with Crippen molar-refractivity contribution in [2.24, 2.45) is 0 Å². The van der Waals surface area contributed by atoms with E-state index in [4.69, 9.17) is 9.26 Å². The van der Waals surface area contributed by atoms with E-state index in [0.717, 1.165) is 29.9 Å². The highest BCUT2D eigenvalue weighted by atomic mass is 16.5. The Morgan fingerprint density at radius 3 is 2.43 bits per heavy atom. The SMILES string of the molecule is CC(=O)c1c(O)c(C)c(O)c2c1OC1=CC(=O)/C(=C(/C)NCCCc3c(C)noc3C)C(=O)[C@@]12C. The fourth-order valence-corrected chi connectivity index (χ4v) is 4.85. The minimum Gasteiger partial charge on any atom is -0.507 e. The summed E-state index contributed by atoms with van der Waals surface area (Å²) in [5.74, 6) is -1.65. The Morgan fingerprint density at radius 1 is 1.14 bits per heavy atom. The van der Waals surface area contributed by atoms with Crippen LogP contribution in [0.2, 0.25) is 0 Å². The maximum atomic E-state index is 13.8. The fraction of sp³-hybridized carbons (Fsp3) is 0.385. The number of allylic oxidation sites excluding steroid dienone is 4. The molecule has 0 amide bonds. The van der Waals surface area contributed by atoms with Crippen molar-refractivity contribution in [1.29, 1.82) is 0 Å². The van der Waals surface area contributed by atoms with Crippen LogP contribution in [0, 0.1) is 20.8 Å². The lowest BCUT2D eigenvalue weighted by molar-refractivity contribution is -0.123. The van der Waals surface area contributed by atoms with E-state index in [1.807, 2.05) is 13.8 Å². The van der Waals surface area contributed by atoms with Gasteiger partial charge < -0.3 is 24.8 Å². The highest BCUT2D eigenvalue weighted by molar-refractivity contribution is 6.31. The van der Waals surface area contributed by atoms with Gasteiger partial charge in [-0.1, -0.05) is 5.16 Å². The first-order chi connectivity index (χ1) is 16.4. The second kappa shape index (κ2) is 8.41. The molecule has 0 fully saturated rings. The summed E-state index contributed by atoms with van der Waals surface area (Å²) >= 11 is 0. The van der Waals surface area contributed by atoms with Crippen molar-refractivity contribution >= 4 is 17.3 Å². The largest absolute Gasteiger partial charge is 0.507 e. The molecule has 1 aliphatic carbocycles. The third kappa shape index (κ3) is 3.53. The van der Waals surface area contributed by atoms with Crippen molar-refractivity contribution in [2.75, 3.05) is 6.54 Å². The molecule has 1 aromatic carbocycles. The number of ketones is 3. The van der Waals surface area contributed by atoms with Crippen molar-refractivity contribution in [3.63, 3.8) is 0 Å². The van der Waals surface area contributed by atoms with Crippen LogP contribution in [0.5, 0.6) is 17.2 Å². The van der Waals surface area contributed by atoms with Crippen LogP contribution in [0.1, 0.15) is 65.7 Å². The number of nitrogens with zero attached hydrogens (tertiary/aromatic N) is 1. The van der Waals surface area contributed by atoms with Gasteiger partial charge in [0, 0.05) is 29.4 Å². The molecule has 0 spiro atoms. The molecule has 184 valence electrons. The number of nitrogens with one attached hydrogen (secondary N) is 1. The lowest BCUT2D eigenvalue weighted by Crippen LogP contribution is -2.41. The summed E-state index contributed by atoms with van der Waals surface area (Å²) in [6.45, 7) is 10.1. The number of rotatable bonds is 6. The maximum absolute atomic E-state index is 13.8. The Hall–Kier alpha value is -3.88. The minimum absolute atomic E-state index is 0.0141. The summed E-state index contributed by atoms with van der Waals surface area (Å²) in [6, 6.07) is 0. The number of carbonyl (C=O) groups is 3. The van der Waals surface area contributed by atoms with Crippen LogP contribution in [0.25, 0.3) is 0 Å². The van der Waals surface area contributed by atoms with Gasteiger partial charge in [-0.3, -0.25) is 14.4 Å². The van der Waals surface area contributed by atoms with Crippen LogP contribution in [0.3, 0.4) is 0 Å². The summed E-state index contributed by atoms with van der Waals surface area (Å²) in [5, 5.41) is 28.4. The number of hydrogen-bond acceptors (Lipinski definition) is 9. The van der Waals surface area contributed by atoms with E-state index in [0.29, 0.717) is 12.2 Å². The van der Waals surface area contributed by atoms with Crippen LogP contribution in [0.4, 0.5) is 0 Å². The van der Waals surface area contributed by atoms with E-state index in [2.05, 4.69) is 10.5 Å². The number of phenols is 2. The summed E-state index contributed by atoms with van der Waals surface area (Å²) in [4.78, 5) is 39.0. The standard InChI is InChI=1S/C26H28N2O7/c1-11-22(31)20(14(4)29)24-21(23(11)32)26(6)18(34-24)10-17(30)19(25(26)33)13(3)27-9-7-8-16-12(2)28-35-15(16)5/h10,27,31-32H,7-9H2,1-6H3/b19-13+/t26-/m0/s1. The number of aryl methyl sites for hydroxylation is 2. The molecule has 0 bridgehead atoms. The smallest absolute Gasteiger partial charge is 0.194 e. The monoisotopic (exact) mass is 480 g/mol. The molecule has 1 aromatic heterocycles. The van der Waals surface area contributed by atoms with E-state index in [1.54, 1.807) is 13.8 Å². The zero-order valence-electron chi connectivity index (χ0n) is 20.6. The number of ether oxygens (including phenoxy) is 1. The third-order valence-corrected chi connectivity index (χ3v) is 6.93. The first-order valence-electron chi connectivity index (χ1n) is 11.4. The van der Waals surface area contributed by atoms with E-state index >= 15 is 0 Å². The van der Waals surface area contributed by atoms with Gasteiger partial charge in [-0.15, -0.1) is 0 Å². The molecule has 2 aromatic rings.